The zero-order chi connectivity index (χ0) is 11.8. The van der Waals surface area contributed by atoms with Crippen LogP contribution in [-0.2, 0) is 6.54 Å². The summed E-state index contributed by atoms with van der Waals surface area (Å²) in [6, 6.07) is 8.57. The van der Waals surface area contributed by atoms with Crippen LogP contribution in [0.4, 0.5) is 5.69 Å². The largest absolute Gasteiger partial charge is 0.371 e. The molecule has 0 atom stereocenters. The van der Waals surface area contributed by atoms with E-state index in [-0.39, 0.29) is 0 Å². The molecule has 0 unspecified atom stereocenters. The molecule has 16 heavy (non-hydrogen) atoms. The highest BCUT2D eigenvalue weighted by atomic mass is 15.2. The van der Waals surface area contributed by atoms with E-state index in [1.54, 1.807) is 0 Å². The van der Waals surface area contributed by atoms with E-state index < -0.39 is 0 Å². The molecule has 0 spiro atoms. The first-order valence-electron chi connectivity index (χ1n) is 6.04. The maximum absolute atomic E-state index is 5.66. The quantitative estimate of drug-likeness (QED) is 0.827. The zero-order valence-corrected chi connectivity index (χ0v) is 10.5. The number of rotatable bonds is 2. The monoisotopic (exact) mass is 218 g/mol. The molecule has 1 aliphatic heterocycles. The fourth-order valence-electron chi connectivity index (χ4n) is 2.12. The molecular formula is C14H22N2. The molecule has 1 heterocycles. The van der Waals surface area contributed by atoms with E-state index in [2.05, 4.69) is 49.9 Å². The molecule has 2 heteroatoms. The molecule has 0 bridgehead atoms. The average molecular weight is 218 g/mol. The van der Waals surface area contributed by atoms with Crippen molar-refractivity contribution in [2.24, 2.45) is 17.1 Å². The van der Waals surface area contributed by atoms with Crippen molar-refractivity contribution >= 4 is 5.69 Å². The van der Waals surface area contributed by atoms with E-state index in [1.165, 1.54) is 24.3 Å². The second kappa shape index (κ2) is 4.10. The van der Waals surface area contributed by atoms with Crippen LogP contribution in [0.15, 0.2) is 24.3 Å². The molecule has 0 aromatic heterocycles. The van der Waals surface area contributed by atoms with Crippen LogP contribution in [-0.4, -0.2) is 13.1 Å². The van der Waals surface area contributed by atoms with Gasteiger partial charge in [0.15, 0.2) is 0 Å². The summed E-state index contributed by atoms with van der Waals surface area (Å²) in [7, 11) is 0. The summed E-state index contributed by atoms with van der Waals surface area (Å²) in [5.41, 5.74) is 8.63. The van der Waals surface area contributed by atoms with Gasteiger partial charge in [-0.3, -0.25) is 0 Å². The van der Waals surface area contributed by atoms with Crippen LogP contribution < -0.4 is 10.6 Å². The lowest BCUT2D eigenvalue weighted by molar-refractivity contribution is 0.195. The first kappa shape index (κ1) is 11.5. The first-order chi connectivity index (χ1) is 7.50. The van der Waals surface area contributed by atoms with Crippen molar-refractivity contribution in [1.82, 2.24) is 0 Å². The molecule has 1 aromatic rings. The highest BCUT2D eigenvalue weighted by molar-refractivity contribution is 5.51. The van der Waals surface area contributed by atoms with Gasteiger partial charge in [-0.2, -0.15) is 0 Å². The van der Waals surface area contributed by atoms with Gasteiger partial charge >= 0.3 is 0 Å². The molecule has 88 valence electrons. The smallest absolute Gasteiger partial charge is 0.0369 e. The van der Waals surface area contributed by atoms with Crippen LogP contribution >= 0.6 is 0 Å². The molecule has 1 saturated heterocycles. The van der Waals surface area contributed by atoms with Gasteiger partial charge < -0.3 is 10.6 Å². The Labute approximate surface area is 98.4 Å². The fraction of sp³-hybridized carbons (Fsp3) is 0.571. The summed E-state index contributed by atoms with van der Waals surface area (Å²) < 4.78 is 0. The maximum atomic E-state index is 5.66. The third kappa shape index (κ3) is 2.22. The minimum Gasteiger partial charge on any atom is -0.371 e. The molecule has 2 rings (SSSR count). The molecule has 0 radical (unpaired) electrons. The Morgan fingerprint density at radius 3 is 2.56 bits per heavy atom. The molecule has 0 amide bonds. The van der Waals surface area contributed by atoms with Crippen LogP contribution in [0, 0.1) is 11.3 Å². The fourth-order valence-corrected chi connectivity index (χ4v) is 2.12. The standard InChI is InChI=1S/C14H22N2/c1-14(2,3)12-9-16(10-12)13-6-4-5-11(7-13)8-15/h4-7,12H,8-10,15H2,1-3H3. The molecule has 1 aliphatic rings. The highest BCUT2D eigenvalue weighted by Crippen LogP contribution is 2.36. The van der Waals surface area contributed by atoms with Crippen LogP contribution in [0.5, 0.6) is 0 Å². The van der Waals surface area contributed by atoms with Crippen LogP contribution in [0.25, 0.3) is 0 Å². The van der Waals surface area contributed by atoms with Gasteiger partial charge in [0, 0.05) is 25.3 Å². The molecule has 2 N–H and O–H groups in total. The van der Waals surface area contributed by atoms with Gasteiger partial charge in [0.25, 0.3) is 0 Å². The molecule has 0 saturated carbocycles. The van der Waals surface area contributed by atoms with E-state index in [0.717, 1.165) is 5.92 Å². The number of anilines is 1. The number of nitrogens with zero attached hydrogens (tertiary/aromatic N) is 1. The van der Waals surface area contributed by atoms with E-state index in [4.69, 9.17) is 5.73 Å². The normalized spacial score (nSPS) is 17.4. The topological polar surface area (TPSA) is 29.3 Å². The van der Waals surface area contributed by atoms with Crippen molar-refractivity contribution in [2.45, 2.75) is 27.3 Å². The summed E-state index contributed by atoms with van der Waals surface area (Å²) >= 11 is 0. The van der Waals surface area contributed by atoms with E-state index in [0.29, 0.717) is 12.0 Å². The third-order valence-electron chi connectivity index (χ3n) is 3.62. The highest BCUT2D eigenvalue weighted by Gasteiger charge is 2.35. The Balaban J connectivity index is 2.01. The minimum atomic E-state index is 0.433. The predicted octanol–water partition coefficient (Wildman–Crippen LogP) is 2.63. The maximum Gasteiger partial charge on any atom is 0.0369 e. The number of benzene rings is 1. The second-order valence-corrected chi connectivity index (χ2v) is 5.84. The SMILES string of the molecule is CC(C)(C)C1CN(c2cccc(CN)c2)C1. The Hall–Kier alpha value is -1.02. The van der Waals surface area contributed by atoms with Crippen molar-refractivity contribution < 1.29 is 0 Å². The molecular weight excluding hydrogens is 196 g/mol. The summed E-state index contributed by atoms with van der Waals surface area (Å²) in [5.74, 6) is 0.814. The van der Waals surface area contributed by atoms with Crippen LogP contribution in [0.1, 0.15) is 26.3 Å². The average Bonchev–Trinajstić information content (AvgIpc) is 2.13. The lowest BCUT2D eigenvalue weighted by atomic mass is 9.76. The minimum absolute atomic E-state index is 0.433. The Kier molecular flexibility index (Phi) is 2.94. The number of hydrogen-bond donors (Lipinski definition) is 1. The van der Waals surface area contributed by atoms with Gasteiger partial charge in [-0.15, -0.1) is 0 Å². The van der Waals surface area contributed by atoms with Gasteiger partial charge in [-0.05, 0) is 29.0 Å². The Bertz CT molecular complexity index is 359. The van der Waals surface area contributed by atoms with E-state index in [1.807, 2.05) is 0 Å². The predicted molar refractivity (Wildman–Crippen MR) is 69.5 cm³/mol. The van der Waals surface area contributed by atoms with Crippen LogP contribution in [0.2, 0.25) is 0 Å². The van der Waals surface area contributed by atoms with Gasteiger partial charge in [-0.25, -0.2) is 0 Å². The van der Waals surface area contributed by atoms with E-state index >= 15 is 0 Å². The van der Waals surface area contributed by atoms with Gasteiger partial charge in [-0.1, -0.05) is 32.9 Å². The molecule has 0 aliphatic carbocycles. The lowest BCUT2D eigenvalue weighted by Gasteiger charge is -2.47. The van der Waals surface area contributed by atoms with Gasteiger partial charge in [0.1, 0.15) is 0 Å². The summed E-state index contributed by atoms with van der Waals surface area (Å²) in [6.45, 7) is 9.96. The van der Waals surface area contributed by atoms with E-state index in [9.17, 15) is 0 Å². The number of nitrogens with two attached hydrogens (primary N) is 1. The van der Waals surface area contributed by atoms with Crippen molar-refractivity contribution in [2.75, 3.05) is 18.0 Å². The third-order valence-corrected chi connectivity index (χ3v) is 3.62. The zero-order valence-electron chi connectivity index (χ0n) is 10.5. The summed E-state index contributed by atoms with van der Waals surface area (Å²) in [5, 5.41) is 0. The van der Waals surface area contributed by atoms with Gasteiger partial charge in [0.2, 0.25) is 0 Å². The van der Waals surface area contributed by atoms with Crippen molar-refractivity contribution in [3.05, 3.63) is 29.8 Å². The molecule has 1 fully saturated rings. The second-order valence-electron chi connectivity index (χ2n) is 5.84. The van der Waals surface area contributed by atoms with Crippen LogP contribution in [0.3, 0.4) is 0 Å². The van der Waals surface area contributed by atoms with Gasteiger partial charge in [0.05, 0.1) is 0 Å². The molecule has 1 aromatic carbocycles. The Morgan fingerprint density at radius 1 is 1.31 bits per heavy atom. The summed E-state index contributed by atoms with van der Waals surface area (Å²) in [4.78, 5) is 2.44. The summed E-state index contributed by atoms with van der Waals surface area (Å²) in [6.07, 6.45) is 0. The van der Waals surface area contributed by atoms with Crippen molar-refractivity contribution in [1.29, 1.82) is 0 Å². The lowest BCUT2D eigenvalue weighted by Crippen LogP contribution is -2.52. The molecule has 2 nitrogen and oxygen atoms in total. The first-order valence-corrected chi connectivity index (χ1v) is 6.04. The van der Waals surface area contributed by atoms with Crippen molar-refractivity contribution in [3.63, 3.8) is 0 Å². The van der Waals surface area contributed by atoms with Crippen molar-refractivity contribution in [3.8, 4) is 0 Å². The Morgan fingerprint density at radius 2 is 2.00 bits per heavy atom. The number of hydrogen-bond acceptors (Lipinski definition) is 2.